The molecular weight excluding hydrogens is 390 g/mol. The maximum atomic E-state index is 12.2. The highest BCUT2D eigenvalue weighted by Crippen LogP contribution is 2.21. The predicted octanol–water partition coefficient (Wildman–Crippen LogP) is 4.41. The van der Waals surface area contributed by atoms with E-state index in [0.717, 1.165) is 16.0 Å². The molecule has 0 aliphatic heterocycles. The molecule has 1 N–H and O–H groups in total. The van der Waals surface area contributed by atoms with Gasteiger partial charge in [-0.25, -0.2) is 4.79 Å². The largest absolute Gasteiger partial charge is 0.465 e. The lowest BCUT2D eigenvalue weighted by Gasteiger charge is -2.11. The first-order valence-corrected chi connectivity index (χ1v) is 10.1. The van der Waals surface area contributed by atoms with Crippen molar-refractivity contribution in [2.75, 3.05) is 12.4 Å². The van der Waals surface area contributed by atoms with Gasteiger partial charge in [0.15, 0.2) is 5.78 Å². The van der Waals surface area contributed by atoms with Crippen LogP contribution in [0.5, 0.6) is 0 Å². The van der Waals surface area contributed by atoms with E-state index in [-0.39, 0.29) is 43.2 Å². The van der Waals surface area contributed by atoms with Gasteiger partial charge in [-0.15, -0.1) is 11.3 Å². The Balaban J connectivity index is 1.85. The molecule has 0 saturated carbocycles. The number of aryl methyl sites for hydroxylation is 2. The van der Waals surface area contributed by atoms with Crippen molar-refractivity contribution >= 4 is 40.5 Å². The van der Waals surface area contributed by atoms with Gasteiger partial charge in [0.2, 0.25) is 5.91 Å². The second kappa shape index (κ2) is 10.1. The molecule has 0 saturated heterocycles. The van der Waals surface area contributed by atoms with Crippen LogP contribution < -0.4 is 5.32 Å². The molecule has 29 heavy (non-hydrogen) atoms. The summed E-state index contributed by atoms with van der Waals surface area (Å²) < 4.78 is 4.77. The molecule has 0 spiro atoms. The molecule has 1 aromatic heterocycles. The van der Waals surface area contributed by atoms with Gasteiger partial charge in [-0.3, -0.25) is 14.4 Å². The zero-order chi connectivity index (χ0) is 21.6. The van der Waals surface area contributed by atoms with Gasteiger partial charge in [0, 0.05) is 36.2 Å². The zero-order valence-corrected chi connectivity index (χ0v) is 17.9. The summed E-state index contributed by atoms with van der Waals surface area (Å²) in [6.07, 6.45) is 0.363. The third kappa shape index (κ3) is 6.35. The lowest BCUT2D eigenvalue weighted by atomic mass is 10.0. The molecule has 1 heterocycles. The molecule has 6 nitrogen and oxygen atoms in total. The summed E-state index contributed by atoms with van der Waals surface area (Å²) in [5, 5.41) is 2.71. The second-order valence-electron chi connectivity index (χ2n) is 6.88. The van der Waals surface area contributed by atoms with E-state index in [1.807, 2.05) is 26.8 Å². The van der Waals surface area contributed by atoms with Gasteiger partial charge in [-0.2, -0.15) is 0 Å². The number of Topliss-reactive ketones (excluding diaryl/α,β-unsaturated/α-hetero) is 2. The van der Waals surface area contributed by atoms with Gasteiger partial charge in [0.05, 0.1) is 17.6 Å². The Labute approximate surface area is 174 Å². The first-order valence-electron chi connectivity index (χ1n) is 9.32. The Morgan fingerprint density at radius 2 is 1.66 bits per heavy atom. The van der Waals surface area contributed by atoms with E-state index in [9.17, 15) is 19.2 Å². The molecule has 1 aromatic carbocycles. The number of ether oxygens (including phenoxy) is 1. The Morgan fingerprint density at radius 1 is 0.966 bits per heavy atom. The monoisotopic (exact) mass is 415 g/mol. The number of carbonyl (C=O) groups is 4. The van der Waals surface area contributed by atoms with E-state index < -0.39 is 5.97 Å². The van der Waals surface area contributed by atoms with Crippen LogP contribution in [0.1, 0.15) is 61.7 Å². The van der Waals surface area contributed by atoms with Crippen molar-refractivity contribution < 1.29 is 23.9 Å². The van der Waals surface area contributed by atoms with Crippen LogP contribution >= 0.6 is 11.3 Å². The van der Waals surface area contributed by atoms with E-state index in [4.69, 9.17) is 4.74 Å². The van der Waals surface area contributed by atoms with Crippen molar-refractivity contribution in [1.82, 2.24) is 0 Å². The fraction of sp³-hybridized carbons (Fsp3) is 0.364. The Bertz CT molecular complexity index is 945. The van der Waals surface area contributed by atoms with Gasteiger partial charge in [-0.1, -0.05) is 0 Å². The molecule has 0 radical (unpaired) electrons. The second-order valence-corrected chi connectivity index (χ2v) is 8.17. The summed E-state index contributed by atoms with van der Waals surface area (Å²) in [7, 11) is 1.30. The van der Waals surface area contributed by atoms with Crippen molar-refractivity contribution in [1.29, 1.82) is 0 Å². The number of carbonyl (C=O) groups excluding carboxylic acids is 4. The normalized spacial score (nSPS) is 10.5. The first-order chi connectivity index (χ1) is 13.7. The van der Waals surface area contributed by atoms with E-state index in [2.05, 4.69) is 5.32 Å². The highest BCUT2D eigenvalue weighted by molar-refractivity contribution is 7.14. The topological polar surface area (TPSA) is 89.5 Å². The zero-order valence-electron chi connectivity index (χ0n) is 17.1. The minimum atomic E-state index is -0.470. The highest BCUT2D eigenvalue weighted by atomic mass is 32.1. The van der Waals surface area contributed by atoms with Crippen molar-refractivity contribution in [3.63, 3.8) is 0 Å². The lowest BCUT2D eigenvalue weighted by Crippen LogP contribution is -2.15. The first kappa shape index (κ1) is 22.5. The molecule has 154 valence electrons. The maximum absolute atomic E-state index is 12.2. The van der Waals surface area contributed by atoms with Crippen LogP contribution in [0.15, 0.2) is 24.3 Å². The molecule has 2 rings (SSSR count). The van der Waals surface area contributed by atoms with Gasteiger partial charge in [0.1, 0.15) is 5.78 Å². The van der Waals surface area contributed by atoms with Crippen LogP contribution in [-0.4, -0.2) is 30.6 Å². The molecule has 0 aliphatic rings. The minimum absolute atomic E-state index is 0.0195. The van der Waals surface area contributed by atoms with Crippen LogP contribution in [0.2, 0.25) is 0 Å². The van der Waals surface area contributed by atoms with Gasteiger partial charge >= 0.3 is 5.97 Å². The molecule has 1 amide bonds. The predicted molar refractivity (Wildman–Crippen MR) is 113 cm³/mol. The van der Waals surface area contributed by atoms with Crippen molar-refractivity contribution in [2.45, 2.75) is 46.5 Å². The fourth-order valence-corrected chi connectivity index (χ4v) is 3.65. The summed E-state index contributed by atoms with van der Waals surface area (Å²) in [6.45, 7) is 5.58. The number of ketones is 2. The van der Waals surface area contributed by atoms with E-state index >= 15 is 0 Å². The van der Waals surface area contributed by atoms with Gasteiger partial charge in [-0.05, 0) is 56.2 Å². The highest BCUT2D eigenvalue weighted by Gasteiger charge is 2.15. The van der Waals surface area contributed by atoms with Crippen molar-refractivity contribution in [2.24, 2.45) is 0 Å². The number of rotatable bonds is 9. The number of hydrogen-bond donors (Lipinski definition) is 1. The quantitative estimate of drug-likeness (QED) is 0.484. The average Bonchev–Trinajstić information content (AvgIpc) is 3.12. The Hall–Kier alpha value is -2.80. The molecule has 0 fully saturated rings. The van der Waals surface area contributed by atoms with Gasteiger partial charge in [0.25, 0.3) is 0 Å². The van der Waals surface area contributed by atoms with Crippen LogP contribution in [0.4, 0.5) is 5.69 Å². The van der Waals surface area contributed by atoms with Gasteiger partial charge < -0.3 is 10.1 Å². The third-order valence-electron chi connectivity index (χ3n) is 4.63. The molecular formula is C22H25NO5S. The number of nitrogens with one attached hydrogen (secondary N) is 1. The molecule has 0 atom stereocenters. The fourth-order valence-electron chi connectivity index (χ4n) is 2.82. The average molecular weight is 416 g/mol. The number of amides is 1. The molecule has 7 heteroatoms. The Morgan fingerprint density at radius 3 is 2.28 bits per heavy atom. The number of thiophene rings is 1. The van der Waals surface area contributed by atoms with E-state index in [1.165, 1.54) is 18.4 Å². The molecule has 0 bridgehead atoms. The summed E-state index contributed by atoms with van der Waals surface area (Å²) in [5.41, 5.74) is 2.51. The van der Waals surface area contributed by atoms with Crippen LogP contribution in [0.3, 0.4) is 0 Å². The molecule has 2 aromatic rings. The summed E-state index contributed by atoms with van der Waals surface area (Å²) in [5.74, 6) is -0.969. The van der Waals surface area contributed by atoms with E-state index in [0.29, 0.717) is 16.1 Å². The van der Waals surface area contributed by atoms with Crippen molar-refractivity contribution in [3.05, 3.63) is 50.7 Å². The van der Waals surface area contributed by atoms with Crippen LogP contribution in [-0.2, 0) is 14.3 Å². The number of benzene rings is 1. The SMILES string of the molecule is COC(=O)c1cc(NC(=O)CCC(=O)CCC(=O)c2ccc(C)s2)cc(C)c1C. The number of anilines is 1. The van der Waals surface area contributed by atoms with Crippen molar-refractivity contribution in [3.8, 4) is 0 Å². The minimum Gasteiger partial charge on any atom is -0.465 e. The van der Waals surface area contributed by atoms with Crippen LogP contribution in [0, 0.1) is 20.8 Å². The summed E-state index contributed by atoms with van der Waals surface area (Å²) >= 11 is 1.42. The van der Waals surface area contributed by atoms with E-state index in [1.54, 1.807) is 18.2 Å². The molecule has 0 aliphatic carbocycles. The smallest absolute Gasteiger partial charge is 0.338 e. The summed E-state index contributed by atoms with van der Waals surface area (Å²) in [4.78, 5) is 49.8. The maximum Gasteiger partial charge on any atom is 0.338 e. The molecule has 0 unspecified atom stereocenters. The Kier molecular flexibility index (Phi) is 7.84. The lowest BCUT2D eigenvalue weighted by molar-refractivity contribution is -0.122. The third-order valence-corrected chi connectivity index (χ3v) is 5.68. The van der Waals surface area contributed by atoms with Crippen LogP contribution in [0.25, 0.3) is 0 Å². The number of methoxy groups -OCH3 is 1. The number of hydrogen-bond acceptors (Lipinski definition) is 6. The number of esters is 1. The summed E-state index contributed by atoms with van der Waals surface area (Å²) in [6, 6.07) is 6.98. The standard InChI is InChI=1S/C22H25NO5S/c1-13-11-16(12-18(15(13)3)22(27)28-4)23-21(26)10-7-17(24)6-8-19(25)20-9-5-14(2)29-20/h5,9,11-12H,6-8,10H2,1-4H3,(H,23,26).